The standard InChI is InChI=1S/C21H26N2O2S/c1-15-10-16(2)12-23(11-15)21(24)9-6-18-4-7-20(8-5-18)25-13-19-14-26-17(3)22-19/h4-9,14-16H,10-13H2,1-3H3/b9-6+. The average molecular weight is 371 g/mol. The second-order valence-electron chi connectivity index (χ2n) is 7.24. The van der Waals surface area contributed by atoms with E-state index in [9.17, 15) is 4.79 Å². The fourth-order valence-corrected chi connectivity index (χ4v) is 4.02. The Hall–Kier alpha value is -2.14. The van der Waals surface area contributed by atoms with Gasteiger partial charge in [-0.1, -0.05) is 26.0 Å². The minimum absolute atomic E-state index is 0.0997. The van der Waals surface area contributed by atoms with E-state index in [1.807, 2.05) is 47.5 Å². The number of nitrogens with zero attached hydrogens (tertiary/aromatic N) is 2. The molecule has 0 N–H and O–H groups in total. The molecule has 4 nitrogen and oxygen atoms in total. The van der Waals surface area contributed by atoms with Gasteiger partial charge in [0.25, 0.3) is 0 Å². The number of ether oxygens (including phenoxy) is 1. The Morgan fingerprint density at radius 2 is 1.96 bits per heavy atom. The highest BCUT2D eigenvalue weighted by Crippen LogP contribution is 2.21. The van der Waals surface area contributed by atoms with E-state index in [0.717, 1.165) is 35.1 Å². The van der Waals surface area contributed by atoms with Crippen LogP contribution in [0.5, 0.6) is 5.75 Å². The SMILES string of the molecule is Cc1nc(COc2ccc(/C=C/C(=O)N3CC(C)CC(C)C3)cc2)cs1. The van der Waals surface area contributed by atoms with Gasteiger partial charge in [0.1, 0.15) is 12.4 Å². The first kappa shape index (κ1) is 18.6. The first-order chi connectivity index (χ1) is 12.5. The van der Waals surface area contributed by atoms with Gasteiger partial charge in [-0.25, -0.2) is 4.98 Å². The molecule has 2 aromatic rings. The number of carbonyl (C=O) groups excluding carboxylic acids is 1. The molecular formula is C21H26N2O2S. The van der Waals surface area contributed by atoms with Crippen LogP contribution < -0.4 is 4.74 Å². The molecule has 3 rings (SSSR count). The smallest absolute Gasteiger partial charge is 0.246 e. The summed E-state index contributed by atoms with van der Waals surface area (Å²) in [6.07, 6.45) is 4.76. The van der Waals surface area contributed by atoms with Crippen molar-refractivity contribution in [2.45, 2.75) is 33.8 Å². The van der Waals surface area contributed by atoms with E-state index in [1.165, 1.54) is 6.42 Å². The highest BCUT2D eigenvalue weighted by atomic mass is 32.1. The maximum atomic E-state index is 12.4. The number of carbonyl (C=O) groups is 1. The van der Waals surface area contributed by atoms with Crippen LogP contribution >= 0.6 is 11.3 Å². The number of aromatic nitrogens is 1. The van der Waals surface area contributed by atoms with Crippen molar-refractivity contribution in [2.24, 2.45) is 11.8 Å². The number of amides is 1. The van der Waals surface area contributed by atoms with E-state index in [-0.39, 0.29) is 5.91 Å². The Bertz CT molecular complexity index is 757. The van der Waals surface area contributed by atoms with E-state index < -0.39 is 0 Å². The molecule has 0 spiro atoms. The van der Waals surface area contributed by atoms with Gasteiger partial charge in [0.15, 0.2) is 0 Å². The van der Waals surface area contributed by atoms with E-state index in [4.69, 9.17) is 4.74 Å². The van der Waals surface area contributed by atoms with Crippen LogP contribution in [-0.2, 0) is 11.4 Å². The fraction of sp³-hybridized carbons (Fsp3) is 0.429. The van der Waals surface area contributed by atoms with Crippen LogP contribution in [-0.4, -0.2) is 28.9 Å². The van der Waals surface area contributed by atoms with Crippen LogP contribution in [0.15, 0.2) is 35.7 Å². The molecule has 0 aliphatic carbocycles. The zero-order valence-electron chi connectivity index (χ0n) is 15.6. The molecule has 26 heavy (non-hydrogen) atoms. The number of thiazole rings is 1. The summed E-state index contributed by atoms with van der Waals surface area (Å²) in [7, 11) is 0. The van der Waals surface area contributed by atoms with E-state index in [1.54, 1.807) is 17.4 Å². The summed E-state index contributed by atoms with van der Waals surface area (Å²) < 4.78 is 5.75. The lowest BCUT2D eigenvalue weighted by atomic mass is 9.92. The lowest BCUT2D eigenvalue weighted by Crippen LogP contribution is -2.41. The predicted octanol–water partition coefficient (Wildman–Crippen LogP) is 4.55. The van der Waals surface area contributed by atoms with Gasteiger partial charge in [0.05, 0.1) is 10.7 Å². The van der Waals surface area contributed by atoms with Crippen LogP contribution in [0, 0.1) is 18.8 Å². The zero-order chi connectivity index (χ0) is 18.5. The summed E-state index contributed by atoms with van der Waals surface area (Å²) >= 11 is 1.63. The van der Waals surface area contributed by atoms with Crippen LogP contribution in [0.1, 0.15) is 36.5 Å². The number of rotatable bonds is 5. The van der Waals surface area contributed by atoms with E-state index in [0.29, 0.717) is 18.4 Å². The fourth-order valence-electron chi connectivity index (χ4n) is 3.42. The normalized spacial score (nSPS) is 20.5. The Morgan fingerprint density at radius 3 is 2.58 bits per heavy atom. The van der Waals surface area contributed by atoms with Crippen LogP contribution in [0.25, 0.3) is 6.08 Å². The number of hydrogen-bond donors (Lipinski definition) is 0. The van der Waals surface area contributed by atoms with Crippen LogP contribution in [0.4, 0.5) is 0 Å². The molecule has 0 saturated carbocycles. The third kappa shape index (κ3) is 5.18. The maximum Gasteiger partial charge on any atom is 0.246 e. The molecule has 2 heterocycles. The molecule has 2 atom stereocenters. The predicted molar refractivity (Wildman–Crippen MR) is 106 cm³/mol. The van der Waals surface area contributed by atoms with Crippen molar-refractivity contribution in [1.82, 2.24) is 9.88 Å². The summed E-state index contributed by atoms with van der Waals surface area (Å²) in [5.41, 5.74) is 1.94. The molecule has 0 radical (unpaired) electrons. The minimum atomic E-state index is 0.0997. The van der Waals surface area contributed by atoms with Crippen LogP contribution in [0.2, 0.25) is 0 Å². The molecule has 0 bridgehead atoms. The zero-order valence-corrected chi connectivity index (χ0v) is 16.5. The van der Waals surface area contributed by atoms with Crippen molar-refractivity contribution < 1.29 is 9.53 Å². The van der Waals surface area contributed by atoms with Gasteiger partial charge in [-0.2, -0.15) is 0 Å². The Labute approximate surface area is 159 Å². The lowest BCUT2D eigenvalue weighted by Gasteiger charge is -2.34. The van der Waals surface area contributed by atoms with E-state index >= 15 is 0 Å². The van der Waals surface area contributed by atoms with Gasteiger partial charge in [-0.3, -0.25) is 4.79 Å². The molecule has 2 unspecified atom stereocenters. The summed E-state index contributed by atoms with van der Waals surface area (Å²) in [6.45, 7) is 8.61. The molecule has 5 heteroatoms. The number of hydrogen-bond acceptors (Lipinski definition) is 4. The van der Waals surface area contributed by atoms with Crippen molar-refractivity contribution in [1.29, 1.82) is 0 Å². The molecule has 1 saturated heterocycles. The van der Waals surface area contributed by atoms with E-state index in [2.05, 4.69) is 18.8 Å². The second-order valence-corrected chi connectivity index (χ2v) is 8.30. The van der Waals surface area contributed by atoms with Gasteiger partial charge in [0, 0.05) is 24.5 Å². The Morgan fingerprint density at radius 1 is 1.27 bits per heavy atom. The number of aryl methyl sites for hydroxylation is 1. The van der Waals surface area contributed by atoms with Gasteiger partial charge in [-0.05, 0) is 49.0 Å². The summed E-state index contributed by atoms with van der Waals surface area (Å²) in [5.74, 6) is 2.06. The molecule has 1 fully saturated rings. The monoisotopic (exact) mass is 370 g/mol. The molecule has 138 valence electrons. The Balaban J connectivity index is 1.53. The maximum absolute atomic E-state index is 12.4. The van der Waals surface area contributed by atoms with Gasteiger partial charge in [-0.15, -0.1) is 11.3 Å². The van der Waals surface area contributed by atoms with Crippen molar-refractivity contribution in [3.63, 3.8) is 0 Å². The molecule has 1 aromatic heterocycles. The number of piperidine rings is 1. The van der Waals surface area contributed by atoms with Crippen molar-refractivity contribution >= 4 is 23.3 Å². The molecule has 1 aliphatic rings. The van der Waals surface area contributed by atoms with Crippen molar-refractivity contribution in [3.8, 4) is 5.75 Å². The molecular weight excluding hydrogens is 344 g/mol. The summed E-state index contributed by atoms with van der Waals surface area (Å²) in [6, 6.07) is 7.78. The topological polar surface area (TPSA) is 42.4 Å². The average Bonchev–Trinajstić information content (AvgIpc) is 3.03. The quantitative estimate of drug-likeness (QED) is 0.725. The Kier molecular flexibility index (Phi) is 6.09. The largest absolute Gasteiger partial charge is 0.487 e. The highest BCUT2D eigenvalue weighted by molar-refractivity contribution is 7.09. The highest BCUT2D eigenvalue weighted by Gasteiger charge is 2.23. The molecule has 1 aliphatic heterocycles. The first-order valence-electron chi connectivity index (χ1n) is 9.10. The van der Waals surface area contributed by atoms with Gasteiger partial charge < -0.3 is 9.64 Å². The summed E-state index contributed by atoms with van der Waals surface area (Å²) in [4.78, 5) is 18.7. The third-order valence-corrected chi connectivity index (χ3v) is 5.35. The lowest BCUT2D eigenvalue weighted by molar-refractivity contribution is -0.128. The molecule has 1 amide bonds. The minimum Gasteiger partial charge on any atom is -0.487 e. The molecule has 1 aromatic carbocycles. The number of benzene rings is 1. The number of likely N-dealkylation sites (tertiary alicyclic amines) is 1. The van der Waals surface area contributed by atoms with Gasteiger partial charge in [0.2, 0.25) is 5.91 Å². The van der Waals surface area contributed by atoms with Crippen molar-refractivity contribution in [3.05, 3.63) is 52.0 Å². The van der Waals surface area contributed by atoms with Crippen LogP contribution in [0.3, 0.4) is 0 Å². The summed E-state index contributed by atoms with van der Waals surface area (Å²) in [5, 5.41) is 3.06. The van der Waals surface area contributed by atoms with Crippen molar-refractivity contribution in [2.75, 3.05) is 13.1 Å². The van der Waals surface area contributed by atoms with Gasteiger partial charge >= 0.3 is 0 Å². The first-order valence-corrected chi connectivity index (χ1v) is 9.98. The third-order valence-electron chi connectivity index (χ3n) is 4.53. The second kappa shape index (κ2) is 8.49.